The van der Waals surface area contributed by atoms with Gasteiger partial charge >= 0.3 is 11.9 Å². The smallest absolute Gasteiger partial charge is 0.310 e. The SMILES string of the molecule is COC(=O)C1C2CCC(C1C(=O)OC)C(C)(C)C2=O. The number of hydrogen-bond donors (Lipinski definition) is 0. The quantitative estimate of drug-likeness (QED) is 0.704. The van der Waals surface area contributed by atoms with E-state index in [1.54, 1.807) is 0 Å². The zero-order chi connectivity index (χ0) is 14.4. The number of methoxy groups -OCH3 is 2. The Morgan fingerprint density at radius 1 is 1.05 bits per heavy atom. The fraction of sp³-hybridized carbons (Fsp3) is 0.786. The first-order valence-electron chi connectivity index (χ1n) is 6.56. The largest absolute Gasteiger partial charge is 0.469 e. The number of esters is 2. The van der Waals surface area contributed by atoms with Crippen LogP contribution in [0.1, 0.15) is 26.7 Å². The van der Waals surface area contributed by atoms with Crippen LogP contribution in [-0.2, 0) is 23.9 Å². The molecule has 5 heteroatoms. The minimum atomic E-state index is -0.684. The van der Waals surface area contributed by atoms with Crippen molar-refractivity contribution in [3.63, 3.8) is 0 Å². The molecule has 0 saturated heterocycles. The zero-order valence-electron chi connectivity index (χ0n) is 11.8. The van der Waals surface area contributed by atoms with Gasteiger partial charge in [0.05, 0.1) is 26.1 Å². The lowest BCUT2D eigenvalue weighted by Gasteiger charge is -2.53. The van der Waals surface area contributed by atoms with Gasteiger partial charge in [-0.05, 0) is 18.8 Å². The molecule has 2 bridgehead atoms. The van der Waals surface area contributed by atoms with E-state index in [1.807, 2.05) is 13.8 Å². The molecule has 3 saturated carbocycles. The van der Waals surface area contributed by atoms with Crippen LogP contribution in [0.3, 0.4) is 0 Å². The molecule has 0 aromatic carbocycles. The van der Waals surface area contributed by atoms with E-state index in [4.69, 9.17) is 9.47 Å². The summed E-state index contributed by atoms with van der Waals surface area (Å²) in [4.78, 5) is 36.4. The molecule has 19 heavy (non-hydrogen) atoms. The van der Waals surface area contributed by atoms with Gasteiger partial charge in [0.15, 0.2) is 0 Å². The van der Waals surface area contributed by atoms with Gasteiger partial charge in [0.1, 0.15) is 5.78 Å². The van der Waals surface area contributed by atoms with Crippen LogP contribution in [0.5, 0.6) is 0 Å². The van der Waals surface area contributed by atoms with E-state index >= 15 is 0 Å². The number of hydrogen-bond acceptors (Lipinski definition) is 5. The monoisotopic (exact) mass is 268 g/mol. The minimum absolute atomic E-state index is 0.0688. The van der Waals surface area contributed by atoms with Crippen LogP contribution in [0, 0.1) is 29.1 Å². The average Bonchev–Trinajstić information content (AvgIpc) is 2.41. The zero-order valence-corrected chi connectivity index (χ0v) is 11.8. The third-order valence-electron chi connectivity index (χ3n) is 4.89. The summed E-state index contributed by atoms with van der Waals surface area (Å²) in [6, 6.07) is 0. The van der Waals surface area contributed by atoms with Crippen molar-refractivity contribution in [2.75, 3.05) is 14.2 Å². The molecular formula is C14H20O5. The van der Waals surface area contributed by atoms with Gasteiger partial charge in [-0.1, -0.05) is 13.8 Å². The first-order chi connectivity index (χ1) is 8.86. The summed E-state index contributed by atoms with van der Waals surface area (Å²) < 4.78 is 9.62. The number of Topliss-reactive ketones (excluding diaryl/α,β-unsaturated/α-hetero) is 1. The second-order valence-electron chi connectivity index (χ2n) is 5.97. The molecule has 0 aromatic rings. The highest BCUT2D eigenvalue weighted by Gasteiger charge is 2.62. The lowest BCUT2D eigenvalue weighted by Crippen LogP contribution is -2.60. The molecule has 106 valence electrons. The first-order valence-corrected chi connectivity index (χ1v) is 6.56. The lowest BCUT2D eigenvalue weighted by atomic mass is 9.48. The van der Waals surface area contributed by atoms with Crippen molar-refractivity contribution in [3.8, 4) is 0 Å². The van der Waals surface area contributed by atoms with Crippen molar-refractivity contribution in [2.24, 2.45) is 29.1 Å². The Bertz CT molecular complexity index is 426. The predicted molar refractivity (Wildman–Crippen MR) is 66.0 cm³/mol. The molecular weight excluding hydrogens is 248 g/mol. The normalized spacial score (nSPS) is 35.9. The van der Waals surface area contributed by atoms with Gasteiger partial charge in [0.25, 0.3) is 0 Å². The summed E-state index contributed by atoms with van der Waals surface area (Å²) in [6.07, 6.45) is 1.43. The molecule has 4 unspecified atom stereocenters. The number of carbonyl (C=O) groups is 3. The Morgan fingerprint density at radius 2 is 1.58 bits per heavy atom. The first kappa shape index (κ1) is 14.0. The van der Waals surface area contributed by atoms with Gasteiger partial charge in [-0.3, -0.25) is 14.4 Å². The predicted octanol–water partition coefficient (Wildman–Crippen LogP) is 1.20. The summed E-state index contributed by atoms with van der Waals surface area (Å²) in [7, 11) is 2.60. The molecule has 3 aliphatic carbocycles. The van der Waals surface area contributed by atoms with E-state index in [-0.39, 0.29) is 11.7 Å². The number of ketones is 1. The average molecular weight is 268 g/mol. The van der Waals surface area contributed by atoms with E-state index in [0.29, 0.717) is 6.42 Å². The summed E-state index contributed by atoms with van der Waals surface area (Å²) in [5, 5.41) is 0. The fourth-order valence-corrected chi connectivity index (χ4v) is 3.88. The van der Waals surface area contributed by atoms with Crippen LogP contribution in [0.2, 0.25) is 0 Å². The lowest BCUT2D eigenvalue weighted by molar-refractivity contribution is -0.182. The van der Waals surface area contributed by atoms with Crippen LogP contribution in [0.15, 0.2) is 0 Å². The van der Waals surface area contributed by atoms with Gasteiger partial charge in [0.2, 0.25) is 0 Å². The molecule has 0 radical (unpaired) electrons. The van der Waals surface area contributed by atoms with Crippen molar-refractivity contribution in [1.29, 1.82) is 0 Å². The highest BCUT2D eigenvalue weighted by atomic mass is 16.5. The van der Waals surface area contributed by atoms with Gasteiger partial charge < -0.3 is 9.47 Å². The van der Waals surface area contributed by atoms with Crippen LogP contribution in [-0.4, -0.2) is 31.9 Å². The van der Waals surface area contributed by atoms with Gasteiger partial charge in [-0.2, -0.15) is 0 Å². The molecule has 0 aromatic heterocycles. The van der Waals surface area contributed by atoms with Gasteiger partial charge in [-0.25, -0.2) is 0 Å². The van der Waals surface area contributed by atoms with E-state index in [1.165, 1.54) is 14.2 Å². The maximum Gasteiger partial charge on any atom is 0.310 e. The summed E-state index contributed by atoms with van der Waals surface area (Å²) in [6.45, 7) is 3.71. The van der Waals surface area contributed by atoms with Crippen LogP contribution in [0.4, 0.5) is 0 Å². The third-order valence-corrected chi connectivity index (χ3v) is 4.89. The molecule has 0 N–H and O–H groups in total. The summed E-state index contributed by atoms with van der Waals surface area (Å²) in [5.74, 6) is -2.64. The maximum absolute atomic E-state index is 12.4. The van der Waals surface area contributed by atoms with E-state index in [9.17, 15) is 14.4 Å². The van der Waals surface area contributed by atoms with Gasteiger partial charge in [0, 0.05) is 11.3 Å². The second kappa shape index (κ2) is 4.62. The van der Waals surface area contributed by atoms with Gasteiger partial charge in [-0.15, -0.1) is 0 Å². The third kappa shape index (κ3) is 1.86. The van der Waals surface area contributed by atoms with E-state index < -0.39 is 35.1 Å². The number of fused-ring (bicyclic) bond motifs is 3. The van der Waals surface area contributed by atoms with Crippen LogP contribution < -0.4 is 0 Å². The minimum Gasteiger partial charge on any atom is -0.469 e. The Kier molecular flexibility index (Phi) is 3.41. The second-order valence-corrected chi connectivity index (χ2v) is 5.97. The molecule has 0 amide bonds. The van der Waals surface area contributed by atoms with Crippen molar-refractivity contribution in [3.05, 3.63) is 0 Å². The van der Waals surface area contributed by atoms with E-state index in [2.05, 4.69) is 0 Å². The highest BCUT2D eigenvalue weighted by Crippen LogP contribution is 2.55. The summed E-state index contributed by atoms with van der Waals surface area (Å²) >= 11 is 0. The molecule has 3 aliphatic rings. The molecule has 3 fully saturated rings. The van der Waals surface area contributed by atoms with Crippen LogP contribution in [0.25, 0.3) is 0 Å². The van der Waals surface area contributed by atoms with Crippen molar-refractivity contribution in [1.82, 2.24) is 0 Å². The number of rotatable bonds is 2. The molecule has 3 rings (SSSR count). The Morgan fingerprint density at radius 3 is 2.11 bits per heavy atom. The maximum atomic E-state index is 12.4. The van der Waals surface area contributed by atoms with Crippen molar-refractivity contribution >= 4 is 17.7 Å². The number of carbonyl (C=O) groups excluding carboxylic acids is 3. The molecule has 5 nitrogen and oxygen atoms in total. The topological polar surface area (TPSA) is 69.7 Å². The highest BCUT2D eigenvalue weighted by molar-refractivity contribution is 5.96. The van der Waals surface area contributed by atoms with E-state index in [0.717, 1.165) is 6.42 Å². The molecule has 0 spiro atoms. The van der Waals surface area contributed by atoms with Crippen LogP contribution >= 0.6 is 0 Å². The Labute approximate surface area is 112 Å². The fourth-order valence-electron chi connectivity index (χ4n) is 3.88. The molecule has 0 heterocycles. The molecule has 0 aliphatic heterocycles. The molecule has 4 atom stereocenters. The number of ether oxygens (including phenoxy) is 2. The summed E-state index contributed by atoms with van der Waals surface area (Å²) in [5.41, 5.74) is -0.577. The van der Waals surface area contributed by atoms with Crippen molar-refractivity contribution in [2.45, 2.75) is 26.7 Å². The Balaban J connectivity index is 2.45. The van der Waals surface area contributed by atoms with Crippen molar-refractivity contribution < 1.29 is 23.9 Å². The Hall–Kier alpha value is -1.39. The standard InChI is InChI=1S/C14H20O5/c1-14(2)8-6-5-7(11(14)15)9(12(16)18-3)10(8)13(17)19-4/h7-10H,5-6H2,1-4H3.